The van der Waals surface area contributed by atoms with E-state index in [4.69, 9.17) is 4.74 Å². The molecule has 0 bridgehead atoms. The van der Waals surface area contributed by atoms with Gasteiger partial charge in [-0.2, -0.15) is 0 Å². The monoisotopic (exact) mass is 397 g/mol. The van der Waals surface area contributed by atoms with Gasteiger partial charge in [0.1, 0.15) is 5.75 Å². The number of carbonyl (C=O) groups excluding carboxylic acids is 2. The summed E-state index contributed by atoms with van der Waals surface area (Å²) in [5.74, 6) is 0.435. The molecule has 0 radical (unpaired) electrons. The number of methoxy groups -OCH3 is 1. The Morgan fingerprint density at radius 1 is 1.14 bits per heavy atom. The van der Waals surface area contributed by atoms with Crippen LogP contribution in [0.4, 0.5) is 0 Å². The van der Waals surface area contributed by atoms with Crippen LogP contribution in [-0.2, 0) is 16.0 Å². The number of amides is 2. The molecule has 0 aliphatic rings. The lowest BCUT2D eigenvalue weighted by molar-refractivity contribution is -0.122. The summed E-state index contributed by atoms with van der Waals surface area (Å²) in [6.07, 6.45) is 0.851. The van der Waals surface area contributed by atoms with Crippen LogP contribution in [0.5, 0.6) is 5.75 Å². The molecule has 3 aromatic rings. The zero-order chi connectivity index (χ0) is 19.9. The Morgan fingerprint density at radius 2 is 1.89 bits per heavy atom. The van der Waals surface area contributed by atoms with Gasteiger partial charge in [0.2, 0.25) is 11.8 Å². The average Bonchev–Trinajstić information content (AvgIpc) is 3.10. The van der Waals surface area contributed by atoms with Crippen LogP contribution in [0.25, 0.3) is 10.2 Å². The van der Waals surface area contributed by atoms with Gasteiger partial charge >= 0.3 is 0 Å². The molecule has 0 saturated heterocycles. The number of benzene rings is 2. The van der Waals surface area contributed by atoms with Gasteiger partial charge in [0.25, 0.3) is 0 Å². The number of aromatic nitrogens is 1. The number of hydrogen-bond donors (Lipinski definition) is 2. The molecular weight excluding hydrogens is 374 g/mol. The highest BCUT2D eigenvalue weighted by Gasteiger charge is 2.17. The Morgan fingerprint density at radius 3 is 2.57 bits per heavy atom. The molecule has 0 saturated carbocycles. The van der Waals surface area contributed by atoms with Gasteiger partial charge in [-0.25, -0.2) is 4.98 Å². The van der Waals surface area contributed by atoms with Gasteiger partial charge in [-0.05, 0) is 29.8 Å². The Bertz CT molecular complexity index is 920. The summed E-state index contributed by atoms with van der Waals surface area (Å²) < 4.78 is 6.30. The molecule has 2 amide bonds. The third-order valence-electron chi connectivity index (χ3n) is 4.28. The number of nitrogens with one attached hydrogen (secondary N) is 2. The van der Waals surface area contributed by atoms with Crippen molar-refractivity contribution in [1.82, 2.24) is 15.6 Å². The highest BCUT2D eigenvalue weighted by molar-refractivity contribution is 7.18. The summed E-state index contributed by atoms with van der Waals surface area (Å²) in [6, 6.07) is 14.9. The zero-order valence-corrected chi connectivity index (χ0v) is 16.7. The number of ether oxygens (including phenoxy) is 1. The van der Waals surface area contributed by atoms with Crippen LogP contribution >= 0.6 is 11.3 Å². The van der Waals surface area contributed by atoms with Gasteiger partial charge in [0.05, 0.1) is 34.8 Å². The minimum absolute atomic E-state index is 0.115. The lowest BCUT2D eigenvalue weighted by atomic mass is 10.0. The van der Waals surface area contributed by atoms with Gasteiger partial charge < -0.3 is 15.4 Å². The number of para-hydroxylation sites is 1. The van der Waals surface area contributed by atoms with Crippen LogP contribution in [0.1, 0.15) is 30.0 Å². The van der Waals surface area contributed by atoms with Crippen molar-refractivity contribution in [2.24, 2.45) is 0 Å². The fraction of sp³-hybridized carbons (Fsp3) is 0.286. The first-order chi connectivity index (χ1) is 13.5. The van der Waals surface area contributed by atoms with Gasteiger partial charge in [-0.3, -0.25) is 9.59 Å². The summed E-state index contributed by atoms with van der Waals surface area (Å²) in [5, 5.41) is 6.76. The van der Waals surface area contributed by atoms with E-state index in [1.807, 2.05) is 48.5 Å². The summed E-state index contributed by atoms with van der Waals surface area (Å²) in [5.41, 5.74) is 1.84. The molecule has 2 aromatic carbocycles. The molecule has 146 valence electrons. The second-order valence-electron chi connectivity index (χ2n) is 6.41. The van der Waals surface area contributed by atoms with E-state index in [9.17, 15) is 9.59 Å². The number of carbonyl (C=O) groups is 2. The van der Waals surface area contributed by atoms with Crippen LogP contribution in [-0.4, -0.2) is 30.5 Å². The highest BCUT2D eigenvalue weighted by atomic mass is 32.1. The van der Waals surface area contributed by atoms with Crippen molar-refractivity contribution in [2.75, 3.05) is 13.7 Å². The first-order valence-corrected chi connectivity index (χ1v) is 9.89. The molecule has 7 heteroatoms. The Labute approximate surface area is 167 Å². The molecule has 0 spiro atoms. The van der Waals surface area contributed by atoms with Gasteiger partial charge in [0.15, 0.2) is 0 Å². The second-order valence-corrected chi connectivity index (χ2v) is 7.52. The van der Waals surface area contributed by atoms with E-state index >= 15 is 0 Å². The molecule has 2 N–H and O–H groups in total. The molecular formula is C21H23N3O3S. The quantitative estimate of drug-likeness (QED) is 0.612. The largest absolute Gasteiger partial charge is 0.497 e. The van der Waals surface area contributed by atoms with E-state index < -0.39 is 0 Å². The minimum Gasteiger partial charge on any atom is -0.497 e. The number of fused-ring (bicyclic) bond motifs is 1. The molecule has 6 nitrogen and oxygen atoms in total. The fourth-order valence-electron chi connectivity index (χ4n) is 2.93. The van der Waals surface area contributed by atoms with Crippen LogP contribution in [0.15, 0.2) is 48.5 Å². The van der Waals surface area contributed by atoms with Crippen molar-refractivity contribution in [3.05, 3.63) is 59.1 Å². The van der Waals surface area contributed by atoms with Crippen molar-refractivity contribution in [2.45, 2.75) is 25.8 Å². The molecule has 28 heavy (non-hydrogen) atoms. The standard InChI is InChI=1S/C21H23N3O3S/c1-14(25)23-18(15-7-9-16(27-2)10-8-15)13-20(26)22-12-11-21-24-17-5-3-4-6-19(17)28-21/h3-10,18H,11-13H2,1-2H3,(H,22,26)(H,23,25). The van der Waals surface area contributed by atoms with E-state index in [1.54, 1.807) is 18.4 Å². The molecule has 3 rings (SSSR count). The zero-order valence-electron chi connectivity index (χ0n) is 15.9. The summed E-state index contributed by atoms with van der Waals surface area (Å²) in [4.78, 5) is 28.5. The van der Waals surface area contributed by atoms with E-state index in [1.165, 1.54) is 6.92 Å². The Balaban J connectivity index is 1.55. The maximum atomic E-state index is 12.4. The van der Waals surface area contributed by atoms with Crippen molar-refractivity contribution in [3.8, 4) is 5.75 Å². The second kappa shape index (κ2) is 9.32. The first-order valence-electron chi connectivity index (χ1n) is 9.07. The van der Waals surface area contributed by atoms with Crippen molar-refractivity contribution in [3.63, 3.8) is 0 Å². The Kier molecular flexibility index (Phi) is 6.60. The number of rotatable bonds is 8. The normalized spacial score (nSPS) is 11.8. The lowest BCUT2D eigenvalue weighted by Gasteiger charge is -2.18. The first kappa shape index (κ1) is 19.8. The maximum Gasteiger partial charge on any atom is 0.222 e. The molecule has 1 heterocycles. The average molecular weight is 398 g/mol. The molecule has 1 unspecified atom stereocenters. The van der Waals surface area contributed by atoms with Gasteiger partial charge in [-0.1, -0.05) is 24.3 Å². The third kappa shape index (κ3) is 5.29. The van der Waals surface area contributed by atoms with Crippen LogP contribution in [0.2, 0.25) is 0 Å². The van der Waals surface area contributed by atoms with E-state index in [2.05, 4.69) is 15.6 Å². The van der Waals surface area contributed by atoms with Gasteiger partial charge in [0, 0.05) is 19.9 Å². The number of nitrogens with zero attached hydrogens (tertiary/aromatic N) is 1. The molecule has 1 atom stereocenters. The predicted octanol–water partition coefficient (Wildman–Crippen LogP) is 3.23. The van der Waals surface area contributed by atoms with Crippen molar-refractivity contribution >= 4 is 33.4 Å². The fourth-order valence-corrected chi connectivity index (χ4v) is 3.89. The molecule has 0 aliphatic carbocycles. The van der Waals surface area contributed by atoms with Crippen LogP contribution in [0, 0.1) is 0 Å². The lowest BCUT2D eigenvalue weighted by Crippen LogP contribution is -2.33. The number of thiazole rings is 1. The smallest absolute Gasteiger partial charge is 0.222 e. The third-order valence-corrected chi connectivity index (χ3v) is 5.38. The van der Waals surface area contributed by atoms with E-state index in [0.717, 1.165) is 26.5 Å². The van der Waals surface area contributed by atoms with E-state index in [0.29, 0.717) is 13.0 Å². The van der Waals surface area contributed by atoms with Crippen LogP contribution in [0.3, 0.4) is 0 Å². The van der Waals surface area contributed by atoms with Crippen molar-refractivity contribution < 1.29 is 14.3 Å². The predicted molar refractivity (Wildman–Crippen MR) is 111 cm³/mol. The molecule has 1 aromatic heterocycles. The van der Waals surface area contributed by atoms with Crippen LogP contribution < -0.4 is 15.4 Å². The summed E-state index contributed by atoms with van der Waals surface area (Å²) in [6.45, 7) is 1.95. The SMILES string of the molecule is COc1ccc(C(CC(=O)NCCc2nc3ccccc3s2)NC(C)=O)cc1. The van der Waals surface area contributed by atoms with Gasteiger partial charge in [-0.15, -0.1) is 11.3 Å². The van der Waals surface area contributed by atoms with E-state index in [-0.39, 0.29) is 24.3 Å². The van der Waals surface area contributed by atoms with Crippen molar-refractivity contribution in [1.29, 1.82) is 0 Å². The molecule has 0 aliphatic heterocycles. The highest BCUT2D eigenvalue weighted by Crippen LogP contribution is 2.22. The Hall–Kier alpha value is -2.93. The minimum atomic E-state index is -0.383. The number of hydrogen-bond acceptors (Lipinski definition) is 5. The summed E-state index contributed by atoms with van der Waals surface area (Å²) in [7, 11) is 1.60. The maximum absolute atomic E-state index is 12.4. The molecule has 0 fully saturated rings. The topological polar surface area (TPSA) is 80.3 Å². The summed E-state index contributed by atoms with van der Waals surface area (Å²) >= 11 is 1.64.